The minimum atomic E-state index is -1.28. The average molecular weight is 764 g/mol. The van der Waals surface area contributed by atoms with Crippen LogP contribution < -0.4 is 5.32 Å². The number of hydrogen-bond donors (Lipinski definition) is 5. The van der Waals surface area contributed by atoms with Crippen LogP contribution in [0.15, 0.2) is 24.3 Å². The van der Waals surface area contributed by atoms with Crippen LogP contribution in [0.5, 0.6) is 0 Å². The highest BCUT2D eigenvalue weighted by Crippen LogP contribution is 2.16. The zero-order valence-corrected chi connectivity index (χ0v) is 36.0. The zero-order valence-electron chi connectivity index (χ0n) is 36.0. The van der Waals surface area contributed by atoms with Crippen LogP contribution >= 0.6 is 0 Å². The molecule has 6 nitrogen and oxygen atoms in total. The molecule has 0 aliphatic rings. The lowest BCUT2D eigenvalue weighted by Crippen LogP contribution is -2.53. The first-order valence-corrected chi connectivity index (χ1v) is 23.7. The van der Waals surface area contributed by atoms with Gasteiger partial charge in [0.1, 0.15) is 12.2 Å². The Morgan fingerprint density at radius 2 is 0.759 bits per heavy atom. The van der Waals surface area contributed by atoms with Crippen LogP contribution in [-0.2, 0) is 4.79 Å². The summed E-state index contributed by atoms with van der Waals surface area (Å²) in [5.41, 5.74) is 0. The van der Waals surface area contributed by atoms with Crippen molar-refractivity contribution in [3.63, 3.8) is 0 Å². The van der Waals surface area contributed by atoms with Gasteiger partial charge in [0.15, 0.2) is 0 Å². The fraction of sp³-hybridized carbons (Fsp3) is 0.896. The number of nitrogens with one attached hydrogen (secondary N) is 1. The van der Waals surface area contributed by atoms with E-state index in [0.29, 0.717) is 12.8 Å². The fourth-order valence-corrected chi connectivity index (χ4v) is 7.34. The quantitative estimate of drug-likeness (QED) is 0.0314. The van der Waals surface area contributed by atoms with Crippen molar-refractivity contribution >= 4 is 5.91 Å². The van der Waals surface area contributed by atoms with Crippen molar-refractivity contribution in [2.75, 3.05) is 6.61 Å². The third-order valence-electron chi connectivity index (χ3n) is 11.1. The summed E-state index contributed by atoms with van der Waals surface area (Å²) in [4.78, 5) is 12.5. The molecule has 0 spiro atoms. The molecular weight excluding hydrogens is 671 g/mol. The second kappa shape index (κ2) is 42.9. The first-order valence-electron chi connectivity index (χ1n) is 23.7. The summed E-state index contributed by atoms with van der Waals surface area (Å²) >= 11 is 0. The first kappa shape index (κ1) is 52.8. The van der Waals surface area contributed by atoms with Crippen LogP contribution in [0, 0.1) is 0 Å². The topological polar surface area (TPSA) is 110 Å². The summed E-state index contributed by atoms with van der Waals surface area (Å²) in [6, 6.07) is -1.00. The second-order valence-electron chi connectivity index (χ2n) is 16.4. The standard InChI is InChI=1S/C48H93NO5/c1-3-5-7-9-11-13-15-17-19-20-21-22-23-24-25-26-28-29-31-33-35-37-39-41-45(51)47(53)44(43-50)49-48(54)46(52)42-40-38-36-34-32-30-27-18-16-14-12-10-8-6-4-2/h27,30,33,35,44-47,50-53H,3-26,28-29,31-32,34,36-43H2,1-2H3,(H,49,54)/b30-27-,35-33+. The summed E-state index contributed by atoms with van der Waals surface area (Å²) in [5.74, 6) is -0.601. The molecule has 0 heterocycles. The van der Waals surface area contributed by atoms with Gasteiger partial charge in [-0.3, -0.25) is 4.79 Å². The molecule has 1 amide bonds. The number of unbranched alkanes of at least 4 members (excludes halogenated alkanes) is 30. The van der Waals surface area contributed by atoms with Crippen molar-refractivity contribution in [3.8, 4) is 0 Å². The summed E-state index contributed by atoms with van der Waals surface area (Å²) in [5, 5.41) is 43.7. The van der Waals surface area contributed by atoms with Gasteiger partial charge in [0.25, 0.3) is 0 Å². The Morgan fingerprint density at radius 3 is 1.11 bits per heavy atom. The molecule has 54 heavy (non-hydrogen) atoms. The van der Waals surface area contributed by atoms with Gasteiger partial charge in [-0.25, -0.2) is 0 Å². The maximum absolute atomic E-state index is 12.5. The lowest BCUT2D eigenvalue weighted by molar-refractivity contribution is -0.132. The number of carbonyl (C=O) groups is 1. The Labute approximate surface area is 335 Å². The van der Waals surface area contributed by atoms with Crippen LogP contribution in [0.4, 0.5) is 0 Å². The highest BCUT2D eigenvalue weighted by Gasteiger charge is 2.28. The molecule has 0 fully saturated rings. The summed E-state index contributed by atoms with van der Waals surface area (Å²) in [6.45, 7) is 4.04. The van der Waals surface area contributed by atoms with Gasteiger partial charge in [-0.1, -0.05) is 205 Å². The molecule has 0 saturated carbocycles. The number of carbonyl (C=O) groups excluding carboxylic acids is 1. The number of hydrogen-bond acceptors (Lipinski definition) is 5. The monoisotopic (exact) mass is 764 g/mol. The van der Waals surface area contributed by atoms with Gasteiger partial charge in [0.2, 0.25) is 5.91 Å². The third-order valence-corrected chi connectivity index (χ3v) is 11.1. The molecule has 0 aromatic carbocycles. The third kappa shape index (κ3) is 36.4. The second-order valence-corrected chi connectivity index (χ2v) is 16.4. The lowest BCUT2D eigenvalue weighted by atomic mass is 10.00. The molecule has 4 atom stereocenters. The molecule has 0 aliphatic carbocycles. The molecule has 0 aromatic heterocycles. The van der Waals surface area contributed by atoms with Crippen LogP contribution in [-0.4, -0.2) is 57.3 Å². The minimum absolute atomic E-state index is 0.350. The van der Waals surface area contributed by atoms with E-state index in [4.69, 9.17) is 0 Å². The number of aliphatic hydroxyl groups is 4. The Morgan fingerprint density at radius 1 is 0.444 bits per heavy atom. The molecule has 0 aromatic rings. The van der Waals surface area contributed by atoms with E-state index in [9.17, 15) is 25.2 Å². The van der Waals surface area contributed by atoms with Gasteiger partial charge < -0.3 is 25.7 Å². The molecular formula is C48H93NO5. The first-order chi connectivity index (χ1) is 26.5. The maximum atomic E-state index is 12.5. The highest BCUT2D eigenvalue weighted by atomic mass is 16.3. The highest BCUT2D eigenvalue weighted by molar-refractivity contribution is 5.80. The van der Waals surface area contributed by atoms with Crippen LogP contribution in [0.2, 0.25) is 0 Å². The summed E-state index contributed by atoms with van der Waals surface area (Å²) in [6.07, 6.45) is 49.4. The van der Waals surface area contributed by atoms with Gasteiger partial charge in [-0.05, 0) is 64.2 Å². The minimum Gasteiger partial charge on any atom is -0.394 e. The van der Waals surface area contributed by atoms with E-state index >= 15 is 0 Å². The predicted molar refractivity (Wildman–Crippen MR) is 233 cm³/mol. The van der Waals surface area contributed by atoms with Crippen molar-refractivity contribution < 1.29 is 25.2 Å². The van der Waals surface area contributed by atoms with E-state index in [0.717, 1.165) is 51.4 Å². The van der Waals surface area contributed by atoms with Crippen molar-refractivity contribution in [3.05, 3.63) is 24.3 Å². The van der Waals surface area contributed by atoms with Crippen molar-refractivity contribution in [1.82, 2.24) is 5.32 Å². The molecule has 0 saturated heterocycles. The number of rotatable bonds is 43. The molecule has 5 N–H and O–H groups in total. The van der Waals surface area contributed by atoms with E-state index in [1.54, 1.807) is 0 Å². The fourth-order valence-electron chi connectivity index (χ4n) is 7.34. The normalized spacial score (nSPS) is 14.3. The van der Waals surface area contributed by atoms with Gasteiger partial charge in [0.05, 0.1) is 18.8 Å². The number of amides is 1. The average Bonchev–Trinajstić information content (AvgIpc) is 3.18. The van der Waals surface area contributed by atoms with Crippen molar-refractivity contribution in [2.24, 2.45) is 0 Å². The molecule has 0 aliphatic heterocycles. The predicted octanol–water partition coefficient (Wildman–Crippen LogP) is 12.7. The van der Waals surface area contributed by atoms with Gasteiger partial charge in [-0.2, -0.15) is 0 Å². The molecule has 4 unspecified atom stereocenters. The van der Waals surface area contributed by atoms with E-state index in [1.807, 2.05) is 0 Å². The maximum Gasteiger partial charge on any atom is 0.249 e. The Kier molecular flexibility index (Phi) is 42.0. The van der Waals surface area contributed by atoms with E-state index in [1.165, 1.54) is 167 Å². The van der Waals surface area contributed by atoms with Crippen LogP contribution in [0.1, 0.15) is 245 Å². The molecule has 320 valence electrons. The molecule has 0 rings (SSSR count). The van der Waals surface area contributed by atoms with Gasteiger partial charge >= 0.3 is 0 Å². The molecule has 6 heteroatoms. The molecule has 0 radical (unpaired) electrons. The Hall–Kier alpha value is -1.21. The van der Waals surface area contributed by atoms with Gasteiger partial charge in [0, 0.05) is 0 Å². The Bertz CT molecular complexity index is 817. The summed E-state index contributed by atoms with van der Waals surface area (Å²) in [7, 11) is 0. The zero-order chi connectivity index (χ0) is 39.6. The summed E-state index contributed by atoms with van der Waals surface area (Å²) < 4.78 is 0. The SMILES string of the molecule is CCCCCCCCC/C=C\CCCCCCC(O)C(=O)NC(CO)C(O)C(O)CCC/C=C/CCCCCCCCCCCCCCCCCCCC. The van der Waals surface area contributed by atoms with E-state index in [2.05, 4.69) is 43.5 Å². The van der Waals surface area contributed by atoms with Crippen LogP contribution in [0.3, 0.4) is 0 Å². The van der Waals surface area contributed by atoms with Gasteiger partial charge in [-0.15, -0.1) is 0 Å². The van der Waals surface area contributed by atoms with Crippen molar-refractivity contribution in [1.29, 1.82) is 0 Å². The smallest absolute Gasteiger partial charge is 0.249 e. The Balaban J connectivity index is 3.73. The largest absolute Gasteiger partial charge is 0.394 e. The van der Waals surface area contributed by atoms with Crippen LogP contribution in [0.25, 0.3) is 0 Å². The van der Waals surface area contributed by atoms with E-state index < -0.39 is 36.9 Å². The number of aliphatic hydroxyl groups excluding tert-OH is 4. The molecule has 0 bridgehead atoms. The number of allylic oxidation sites excluding steroid dienone is 4. The van der Waals surface area contributed by atoms with Crippen molar-refractivity contribution in [2.45, 2.75) is 269 Å². The van der Waals surface area contributed by atoms with E-state index in [-0.39, 0.29) is 0 Å². The lowest BCUT2D eigenvalue weighted by Gasteiger charge is -2.27.